The first-order valence-electron chi connectivity index (χ1n) is 6.89. The van der Waals surface area contributed by atoms with Gasteiger partial charge in [-0.05, 0) is 18.1 Å². The van der Waals surface area contributed by atoms with E-state index in [1.807, 2.05) is 19.1 Å². The van der Waals surface area contributed by atoms with Crippen molar-refractivity contribution in [3.05, 3.63) is 71.3 Å². The zero-order valence-corrected chi connectivity index (χ0v) is 12.2. The Morgan fingerprint density at radius 3 is 2.14 bits per heavy atom. The van der Waals surface area contributed by atoms with Crippen molar-refractivity contribution >= 4 is 11.9 Å². The monoisotopic (exact) mass is 298 g/mol. The van der Waals surface area contributed by atoms with Gasteiger partial charge in [-0.2, -0.15) is 0 Å². The van der Waals surface area contributed by atoms with E-state index in [-0.39, 0.29) is 0 Å². The molecule has 2 aromatic carbocycles. The molecular formula is C17H18N2O3. The molecule has 114 valence electrons. The average molecular weight is 298 g/mol. The van der Waals surface area contributed by atoms with E-state index in [9.17, 15) is 14.7 Å². The molecule has 0 aliphatic rings. The second kappa shape index (κ2) is 6.87. The van der Waals surface area contributed by atoms with Crippen LogP contribution in [-0.4, -0.2) is 17.0 Å². The lowest BCUT2D eigenvalue weighted by Crippen LogP contribution is -2.39. The van der Waals surface area contributed by atoms with E-state index in [1.54, 1.807) is 42.5 Å². The van der Waals surface area contributed by atoms with E-state index in [2.05, 4.69) is 5.32 Å². The lowest BCUT2D eigenvalue weighted by Gasteiger charge is -2.18. The number of carboxylic acids is 1. The fourth-order valence-corrected chi connectivity index (χ4v) is 2.09. The van der Waals surface area contributed by atoms with Gasteiger partial charge >= 0.3 is 5.97 Å². The summed E-state index contributed by atoms with van der Waals surface area (Å²) in [7, 11) is 0. The Hall–Kier alpha value is -2.66. The van der Waals surface area contributed by atoms with Crippen molar-refractivity contribution < 1.29 is 14.7 Å². The molecule has 0 aliphatic carbocycles. The van der Waals surface area contributed by atoms with Gasteiger partial charge < -0.3 is 16.2 Å². The molecule has 0 saturated heterocycles. The molecule has 22 heavy (non-hydrogen) atoms. The lowest BCUT2D eigenvalue weighted by atomic mass is 10.0. The maximum atomic E-state index is 12.2. The highest BCUT2D eigenvalue weighted by Gasteiger charge is 2.25. The number of hydrogen-bond acceptors (Lipinski definition) is 3. The summed E-state index contributed by atoms with van der Waals surface area (Å²) in [6.45, 7) is 1.94. The standard InChI is InChI=1S/C17H18N2O3/c1-11-7-9-12(10-8-11)14(18)16(20)19-15(17(21)22)13-5-3-2-4-6-13/h2-10,14-15H,18H2,1H3,(H,19,20)(H,21,22). The van der Waals surface area contributed by atoms with Crippen LogP contribution in [0.3, 0.4) is 0 Å². The van der Waals surface area contributed by atoms with E-state index in [0.29, 0.717) is 11.1 Å². The minimum Gasteiger partial charge on any atom is -0.479 e. The summed E-state index contributed by atoms with van der Waals surface area (Å²) >= 11 is 0. The SMILES string of the molecule is Cc1ccc(C(N)C(=O)NC(C(=O)O)c2ccccc2)cc1. The van der Waals surface area contributed by atoms with Crippen molar-refractivity contribution in [3.8, 4) is 0 Å². The highest BCUT2D eigenvalue weighted by molar-refractivity contribution is 5.88. The Labute approximate surface area is 128 Å². The van der Waals surface area contributed by atoms with Crippen LogP contribution >= 0.6 is 0 Å². The first-order valence-corrected chi connectivity index (χ1v) is 6.89. The molecule has 2 atom stereocenters. The molecule has 0 radical (unpaired) electrons. The Morgan fingerprint density at radius 2 is 1.59 bits per heavy atom. The molecule has 1 amide bonds. The van der Waals surface area contributed by atoms with E-state index >= 15 is 0 Å². The second-order valence-corrected chi connectivity index (χ2v) is 5.08. The van der Waals surface area contributed by atoms with Gasteiger partial charge in [0.1, 0.15) is 6.04 Å². The fraction of sp³-hybridized carbons (Fsp3) is 0.176. The number of aryl methyl sites for hydroxylation is 1. The Kier molecular flexibility index (Phi) is 4.91. The lowest BCUT2D eigenvalue weighted by molar-refractivity contribution is -0.142. The molecule has 2 rings (SSSR count). The zero-order chi connectivity index (χ0) is 16.1. The van der Waals surface area contributed by atoms with Gasteiger partial charge in [0, 0.05) is 0 Å². The van der Waals surface area contributed by atoms with Gasteiger partial charge in [-0.3, -0.25) is 4.79 Å². The number of carboxylic acid groups (broad SMARTS) is 1. The minimum atomic E-state index is -1.13. The minimum absolute atomic E-state index is 0.499. The molecule has 2 unspecified atom stereocenters. The van der Waals surface area contributed by atoms with Crippen LogP contribution in [0, 0.1) is 6.92 Å². The molecular weight excluding hydrogens is 280 g/mol. The highest BCUT2D eigenvalue weighted by atomic mass is 16.4. The number of carbonyl (C=O) groups is 2. The van der Waals surface area contributed by atoms with E-state index in [1.165, 1.54) is 0 Å². The van der Waals surface area contributed by atoms with Crippen molar-refractivity contribution in [2.24, 2.45) is 5.73 Å². The van der Waals surface area contributed by atoms with Crippen LogP contribution in [0.25, 0.3) is 0 Å². The number of amides is 1. The number of hydrogen-bond donors (Lipinski definition) is 3. The van der Waals surface area contributed by atoms with Crippen LogP contribution < -0.4 is 11.1 Å². The smallest absolute Gasteiger partial charge is 0.330 e. The summed E-state index contributed by atoms with van der Waals surface area (Å²) in [5.41, 5.74) is 8.11. The predicted octanol–water partition coefficient (Wildman–Crippen LogP) is 1.94. The zero-order valence-electron chi connectivity index (χ0n) is 12.2. The summed E-state index contributed by atoms with van der Waals surface area (Å²) in [5, 5.41) is 11.8. The van der Waals surface area contributed by atoms with Crippen LogP contribution in [0.4, 0.5) is 0 Å². The van der Waals surface area contributed by atoms with Gasteiger partial charge in [-0.25, -0.2) is 4.79 Å². The molecule has 4 N–H and O–H groups in total. The van der Waals surface area contributed by atoms with Gasteiger partial charge in [0.15, 0.2) is 6.04 Å². The quantitative estimate of drug-likeness (QED) is 0.786. The van der Waals surface area contributed by atoms with E-state index in [4.69, 9.17) is 5.73 Å². The molecule has 0 spiro atoms. The molecule has 0 saturated carbocycles. The van der Waals surface area contributed by atoms with Crippen LogP contribution in [0.5, 0.6) is 0 Å². The topological polar surface area (TPSA) is 92.4 Å². The third-order valence-electron chi connectivity index (χ3n) is 3.39. The van der Waals surface area contributed by atoms with Crippen molar-refractivity contribution in [2.45, 2.75) is 19.0 Å². The maximum Gasteiger partial charge on any atom is 0.330 e. The van der Waals surface area contributed by atoms with Crippen molar-refractivity contribution in [1.82, 2.24) is 5.32 Å². The summed E-state index contributed by atoms with van der Waals surface area (Å²) in [6, 6.07) is 13.7. The Balaban J connectivity index is 2.14. The maximum absolute atomic E-state index is 12.2. The molecule has 5 heteroatoms. The van der Waals surface area contributed by atoms with Crippen LogP contribution in [0.1, 0.15) is 28.8 Å². The average Bonchev–Trinajstić information content (AvgIpc) is 2.53. The van der Waals surface area contributed by atoms with E-state index in [0.717, 1.165) is 5.56 Å². The highest BCUT2D eigenvalue weighted by Crippen LogP contribution is 2.16. The molecule has 0 heterocycles. The Morgan fingerprint density at radius 1 is 1.00 bits per heavy atom. The normalized spacial score (nSPS) is 13.2. The van der Waals surface area contributed by atoms with Crippen LogP contribution in [-0.2, 0) is 9.59 Å². The summed E-state index contributed by atoms with van der Waals surface area (Å²) in [4.78, 5) is 23.6. The second-order valence-electron chi connectivity index (χ2n) is 5.08. The van der Waals surface area contributed by atoms with Gasteiger partial charge in [0.25, 0.3) is 0 Å². The van der Waals surface area contributed by atoms with Crippen LogP contribution in [0.2, 0.25) is 0 Å². The number of carbonyl (C=O) groups excluding carboxylic acids is 1. The summed E-state index contributed by atoms with van der Waals surface area (Å²) in [6.07, 6.45) is 0. The molecule has 5 nitrogen and oxygen atoms in total. The number of nitrogens with two attached hydrogens (primary N) is 1. The third-order valence-corrected chi connectivity index (χ3v) is 3.39. The molecule has 0 bridgehead atoms. The third kappa shape index (κ3) is 3.71. The Bertz CT molecular complexity index is 653. The first kappa shape index (κ1) is 15.7. The number of rotatable bonds is 5. The van der Waals surface area contributed by atoms with Crippen molar-refractivity contribution in [3.63, 3.8) is 0 Å². The van der Waals surface area contributed by atoms with Crippen molar-refractivity contribution in [1.29, 1.82) is 0 Å². The van der Waals surface area contributed by atoms with Gasteiger partial charge in [-0.1, -0.05) is 60.2 Å². The number of aliphatic carboxylic acids is 1. The number of nitrogens with one attached hydrogen (secondary N) is 1. The fourth-order valence-electron chi connectivity index (χ4n) is 2.09. The summed E-state index contributed by atoms with van der Waals surface area (Å²) in [5.74, 6) is -1.66. The van der Waals surface area contributed by atoms with Crippen LogP contribution in [0.15, 0.2) is 54.6 Å². The molecule has 0 fully saturated rings. The van der Waals surface area contributed by atoms with Gasteiger partial charge in [-0.15, -0.1) is 0 Å². The summed E-state index contributed by atoms with van der Waals surface area (Å²) < 4.78 is 0. The molecule has 0 aliphatic heterocycles. The van der Waals surface area contributed by atoms with E-state index < -0.39 is 24.0 Å². The predicted molar refractivity (Wildman–Crippen MR) is 83.1 cm³/mol. The molecule has 0 aromatic heterocycles. The largest absolute Gasteiger partial charge is 0.479 e. The number of benzene rings is 2. The van der Waals surface area contributed by atoms with Crippen molar-refractivity contribution in [2.75, 3.05) is 0 Å². The van der Waals surface area contributed by atoms with Gasteiger partial charge in [0.05, 0.1) is 0 Å². The van der Waals surface area contributed by atoms with Gasteiger partial charge in [0.2, 0.25) is 5.91 Å². The first-order chi connectivity index (χ1) is 10.5. The molecule has 2 aromatic rings.